The summed E-state index contributed by atoms with van der Waals surface area (Å²) in [6.45, 7) is 5.61. The molecule has 222 valence electrons. The predicted molar refractivity (Wildman–Crippen MR) is 160 cm³/mol. The van der Waals surface area contributed by atoms with Crippen molar-refractivity contribution < 1.29 is 31.9 Å². The van der Waals surface area contributed by atoms with Gasteiger partial charge in [-0.3, -0.25) is 4.79 Å². The van der Waals surface area contributed by atoms with Gasteiger partial charge in [-0.1, -0.05) is 30.3 Å². The van der Waals surface area contributed by atoms with Crippen molar-refractivity contribution in [2.24, 2.45) is 0 Å². The molecule has 1 saturated heterocycles. The number of amides is 2. The van der Waals surface area contributed by atoms with E-state index in [0.717, 1.165) is 33.0 Å². The molecule has 9 heteroatoms. The minimum Gasteiger partial charge on any atom is -0.458 e. The van der Waals surface area contributed by atoms with Gasteiger partial charge in [-0.25, -0.2) is 13.6 Å². The van der Waals surface area contributed by atoms with Crippen LogP contribution in [0.3, 0.4) is 0 Å². The summed E-state index contributed by atoms with van der Waals surface area (Å²) in [4.78, 5) is 26.7. The third kappa shape index (κ3) is 6.26. The Morgan fingerprint density at radius 3 is 2.33 bits per heavy atom. The zero-order valence-electron chi connectivity index (χ0n) is 24.2. The lowest BCUT2D eigenvalue weighted by Crippen LogP contribution is -2.42. The second kappa shape index (κ2) is 10.9. The summed E-state index contributed by atoms with van der Waals surface area (Å²) in [5.41, 5.74) is 3.64. The maximum atomic E-state index is 13.6. The van der Waals surface area contributed by atoms with E-state index in [0.29, 0.717) is 22.7 Å². The standard InChI is InChI=1S/C34H32F2N2O5/c1-33(2,3)43-32(40)37-20-26-17-25-16-24(18-27(30(25)41-26)29-19-23-6-4-5-7-28(23)42-29)21-8-10-22(11-9-21)31(39)38-14-12-34(35,36)13-15-38/h4-11,16-19H,12-15,20H2,1-3H3,(H,37,40). The molecule has 0 spiro atoms. The van der Waals surface area contributed by atoms with Crippen molar-refractivity contribution in [1.82, 2.24) is 10.2 Å². The van der Waals surface area contributed by atoms with Gasteiger partial charge in [0.1, 0.15) is 28.3 Å². The number of fused-ring (bicyclic) bond motifs is 2. The fourth-order valence-electron chi connectivity index (χ4n) is 5.26. The minimum absolute atomic E-state index is 0.0384. The predicted octanol–water partition coefficient (Wildman–Crippen LogP) is 8.41. The minimum atomic E-state index is -2.71. The highest BCUT2D eigenvalue weighted by Crippen LogP contribution is 2.38. The molecule has 7 nitrogen and oxygen atoms in total. The van der Waals surface area contributed by atoms with Crippen LogP contribution in [-0.2, 0) is 11.3 Å². The molecule has 2 amide bonds. The van der Waals surface area contributed by atoms with E-state index in [-0.39, 0.29) is 38.4 Å². The van der Waals surface area contributed by atoms with E-state index in [1.165, 1.54) is 4.90 Å². The highest BCUT2D eigenvalue weighted by Gasteiger charge is 2.35. The molecule has 0 saturated carbocycles. The number of hydrogen-bond donors (Lipinski definition) is 1. The van der Waals surface area contributed by atoms with Crippen molar-refractivity contribution in [3.8, 4) is 22.5 Å². The molecule has 0 atom stereocenters. The van der Waals surface area contributed by atoms with Gasteiger partial charge >= 0.3 is 6.09 Å². The van der Waals surface area contributed by atoms with Gasteiger partial charge in [-0.15, -0.1) is 0 Å². The van der Waals surface area contributed by atoms with E-state index in [4.69, 9.17) is 13.6 Å². The maximum absolute atomic E-state index is 13.6. The second-order valence-corrected chi connectivity index (χ2v) is 11.9. The number of piperidine rings is 1. The van der Waals surface area contributed by atoms with Gasteiger partial charge in [0.25, 0.3) is 11.8 Å². The Hall–Kier alpha value is -4.66. The van der Waals surface area contributed by atoms with Crippen LogP contribution in [0.5, 0.6) is 0 Å². The molecule has 1 aliphatic rings. The van der Waals surface area contributed by atoms with Crippen LogP contribution in [0.25, 0.3) is 44.4 Å². The van der Waals surface area contributed by atoms with E-state index in [2.05, 4.69) is 5.32 Å². The van der Waals surface area contributed by atoms with Crippen LogP contribution in [0, 0.1) is 0 Å². The average molecular weight is 587 g/mol. The van der Waals surface area contributed by atoms with Crippen LogP contribution in [0.1, 0.15) is 49.7 Å². The van der Waals surface area contributed by atoms with E-state index in [9.17, 15) is 18.4 Å². The number of hydrogen-bond acceptors (Lipinski definition) is 5. The van der Waals surface area contributed by atoms with Crippen molar-refractivity contribution in [2.45, 2.75) is 51.7 Å². The number of benzene rings is 3. The smallest absolute Gasteiger partial charge is 0.408 e. The van der Waals surface area contributed by atoms with Gasteiger partial charge in [-0.05, 0) is 74.4 Å². The van der Waals surface area contributed by atoms with Gasteiger partial charge in [0.15, 0.2) is 0 Å². The van der Waals surface area contributed by atoms with Crippen LogP contribution in [0.4, 0.5) is 13.6 Å². The van der Waals surface area contributed by atoms with Crippen LogP contribution in [0.15, 0.2) is 81.6 Å². The molecule has 3 heterocycles. The Balaban J connectivity index is 1.32. The number of ether oxygens (including phenoxy) is 1. The topological polar surface area (TPSA) is 84.9 Å². The number of alkyl carbamates (subject to hydrolysis) is 1. The van der Waals surface area contributed by atoms with Gasteiger partial charge in [0.2, 0.25) is 0 Å². The van der Waals surface area contributed by atoms with Crippen molar-refractivity contribution in [2.75, 3.05) is 13.1 Å². The first-order chi connectivity index (χ1) is 20.4. The van der Waals surface area contributed by atoms with Crippen molar-refractivity contribution in [3.63, 3.8) is 0 Å². The number of nitrogens with one attached hydrogen (secondary N) is 1. The number of alkyl halides is 2. The Labute approximate surface area is 247 Å². The average Bonchev–Trinajstić information content (AvgIpc) is 3.58. The summed E-state index contributed by atoms with van der Waals surface area (Å²) in [6, 6.07) is 22.6. The SMILES string of the molecule is CC(C)(C)OC(=O)NCc1cc2cc(-c3ccc(C(=O)N4CCC(F)(F)CC4)cc3)cc(-c3cc4ccccc4o3)c2o1. The molecule has 0 bridgehead atoms. The van der Waals surface area contributed by atoms with Crippen LogP contribution in [-0.4, -0.2) is 41.5 Å². The highest BCUT2D eigenvalue weighted by atomic mass is 19.3. The molecular formula is C34H32F2N2O5. The largest absolute Gasteiger partial charge is 0.458 e. The lowest BCUT2D eigenvalue weighted by Gasteiger charge is -2.31. The molecule has 5 aromatic rings. The van der Waals surface area contributed by atoms with Crippen molar-refractivity contribution >= 4 is 33.9 Å². The van der Waals surface area contributed by atoms with E-state index in [1.54, 1.807) is 32.9 Å². The van der Waals surface area contributed by atoms with Crippen molar-refractivity contribution in [1.29, 1.82) is 0 Å². The Kier molecular flexibility index (Phi) is 7.20. The summed E-state index contributed by atoms with van der Waals surface area (Å²) in [6.07, 6.45) is -1.18. The van der Waals surface area contributed by atoms with E-state index < -0.39 is 17.6 Å². The lowest BCUT2D eigenvalue weighted by molar-refractivity contribution is -0.0494. The fraction of sp³-hybridized carbons (Fsp3) is 0.294. The highest BCUT2D eigenvalue weighted by molar-refractivity contribution is 5.98. The summed E-state index contributed by atoms with van der Waals surface area (Å²) >= 11 is 0. The molecule has 1 N–H and O–H groups in total. The molecular weight excluding hydrogens is 554 g/mol. The number of para-hydroxylation sites is 1. The monoisotopic (exact) mass is 586 g/mol. The first-order valence-corrected chi connectivity index (χ1v) is 14.2. The number of nitrogens with zero attached hydrogens (tertiary/aromatic N) is 1. The fourth-order valence-corrected chi connectivity index (χ4v) is 5.26. The Bertz CT molecular complexity index is 1770. The van der Waals surface area contributed by atoms with E-state index >= 15 is 0 Å². The number of likely N-dealkylation sites (tertiary alicyclic amines) is 1. The number of carbonyl (C=O) groups excluding carboxylic acids is 2. The van der Waals surface area contributed by atoms with Crippen LogP contribution < -0.4 is 5.32 Å². The molecule has 0 radical (unpaired) electrons. The number of rotatable bonds is 5. The number of carbonyl (C=O) groups is 2. The summed E-state index contributed by atoms with van der Waals surface area (Å²) < 4.78 is 44.9. The second-order valence-electron chi connectivity index (χ2n) is 11.9. The van der Waals surface area contributed by atoms with Gasteiger partial charge < -0.3 is 23.8 Å². The van der Waals surface area contributed by atoms with Gasteiger partial charge in [0.05, 0.1) is 12.1 Å². The summed E-state index contributed by atoms with van der Waals surface area (Å²) in [7, 11) is 0. The van der Waals surface area contributed by atoms with Crippen LogP contribution in [0.2, 0.25) is 0 Å². The summed E-state index contributed by atoms with van der Waals surface area (Å²) in [5, 5.41) is 4.50. The van der Waals surface area contributed by atoms with Crippen LogP contribution >= 0.6 is 0 Å². The number of halogens is 2. The van der Waals surface area contributed by atoms with Gasteiger partial charge in [-0.2, -0.15) is 0 Å². The first-order valence-electron chi connectivity index (χ1n) is 14.2. The molecule has 0 aliphatic carbocycles. The van der Waals surface area contributed by atoms with Gasteiger partial charge in [0, 0.05) is 42.3 Å². The number of furan rings is 2. The third-order valence-corrected chi connectivity index (χ3v) is 7.41. The Morgan fingerprint density at radius 2 is 1.63 bits per heavy atom. The zero-order chi connectivity index (χ0) is 30.4. The molecule has 2 aromatic heterocycles. The molecule has 1 aliphatic heterocycles. The molecule has 1 fully saturated rings. The summed E-state index contributed by atoms with van der Waals surface area (Å²) in [5.74, 6) is -1.79. The lowest BCUT2D eigenvalue weighted by atomic mass is 9.98. The van der Waals surface area contributed by atoms with Crippen molar-refractivity contribution in [3.05, 3.63) is 84.1 Å². The first kappa shape index (κ1) is 28.5. The Morgan fingerprint density at radius 1 is 0.907 bits per heavy atom. The normalized spacial score (nSPS) is 15.1. The maximum Gasteiger partial charge on any atom is 0.408 e. The molecule has 3 aromatic carbocycles. The third-order valence-electron chi connectivity index (χ3n) is 7.41. The zero-order valence-corrected chi connectivity index (χ0v) is 24.2. The van der Waals surface area contributed by atoms with E-state index in [1.807, 2.05) is 60.7 Å². The quantitative estimate of drug-likeness (QED) is 0.224. The molecule has 0 unspecified atom stereocenters. The molecule has 6 rings (SSSR count). The molecule has 43 heavy (non-hydrogen) atoms.